The third-order valence-corrected chi connectivity index (χ3v) is 3.38. The number of phenolic OH excluding ortho intramolecular Hbond substituents is 1. The Morgan fingerprint density at radius 2 is 2.16 bits per heavy atom. The quantitative estimate of drug-likeness (QED) is 0.320. The van der Waals surface area contributed by atoms with Crippen molar-refractivity contribution in [1.29, 1.82) is 0 Å². The van der Waals surface area contributed by atoms with Gasteiger partial charge in [-0.3, -0.25) is 4.79 Å². The van der Waals surface area contributed by atoms with E-state index in [1.54, 1.807) is 23.1 Å². The number of piperidine rings is 1. The number of phenols is 1. The average Bonchev–Trinajstić information content (AvgIpc) is 2.46. The summed E-state index contributed by atoms with van der Waals surface area (Å²) in [7, 11) is 0. The van der Waals surface area contributed by atoms with Crippen LogP contribution in [0, 0.1) is 5.92 Å². The zero-order valence-corrected chi connectivity index (χ0v) is 10.5. The third kappa shape index (κ3) is 2.78. The van der Waals surface area contributed by atoms with Crippen LogP contribution in [0.1, 0.15) is 23.2 Å². The number of amidine groups is 1. The molecule has 19 heavy (non-hydrogen) atoms. The first-order valence-corrected chi connectivity index (χ1v) is 6.18. The molecule has 0 aliphatic carbocycles. The van der Waals surface area contributed by atoms with Gasteiger partial charge in [0.25, 0.3) is 5.91 Å². The number of rotatable bonds is 2. The van der Waals surface area contributed by atoms with Crippen molar-refractivity contribution in [2.24, 2.45) is 16.8 Å². The Kier molecular flexibility index (Phi) is 3.89. The van der Waals surface area contributed by atoms with Crippen molar-refractivity contribution in [2.75, 3.05) is 13.1 Å². The standard InChI is InChI=1S/C13H17N3O3/c14-12(15-19)9-4-3-7-16(8-9)13(18)10-5-1-2-6-11(10)17/h1-2,5-6,9,17,19H,3-4,7-8H2,(H2,14,15). The van der Waals surface area contributed by atoms with Gasteiger partial charge in [0.15, 0.2) is 0 Å². The first-order chi connectivity index (χ1) is 9.13. The Balaban J connectivity index is 2.14. The van der Waals surface area contributed by atoms with Crippen LogP contribution in [-0.4, -0.2) is 40.0 Å². The van der Waals surface area contributed by atoms with Gasteiger partial charge >= 0.3 is 0 Å². The van der Waals surface area contributed by atoms with E-state index in [1.165, 1.54) is 6.07 Å². The second-order valence-corrected chi connectivity index (χ2v) is 4.63. The topological polar surface area (TPSA) is 99.2 Å². The molecule has 1 fully saturated rings. The first kappa shape index (κ1) is 13.2. The Labute approximate surface area is 111 Å². The zero-order chi connectivity index (χ0) is 13.8. The lowest BCUT2D eigenvalue weighted by molar-refractivity contribution is 0.0698. The molecule has 1 aliphatic rings. The predicted octanol–water partition coefficient (Wildman–Crippen LogP) is 0.991. The van der Waals surface area contributed by atoms with Crippen LogP contribution in [0.3, 0.4) is 0 Å². The molecule has 0 radical (unpaired) electrons. The highest BCUT2D eigenvalue weighted by molar-refractivity contribution is 5.97. The minimum atomic E-state index is -0.228. The molecule has 1 atom stereocenters. The summed E-state index contributed by atoms with van der Waals surface area (Å²) in [5.41, 5.74) is 5.87. The fourth-order valence-electron chi connectivity index (χ4n) is 2.31. The summed E-state index contributed by atoms with van der Waals surface area (Å²) in [4.78, 5) is 13.9. The highest BCUT2D eigenvalue weighted by atomic mass is 16.4. The second kappa shape index (κ2) is 5.60. The van der Waals surface area contributed by atoms with Crippen molar-refractivity contribution in [2.45, 2.75) is 12.8 Å². The summed E-state index contributed by atoms with van der Waals surface area (Å²) >= 11 is 0. The van der Waals surface area contributed by atoms with Crippen LogP contribution < -0.4 is 5.73 Å². The molecule has 1 amide bonds. The Morgan fingerprint density at radius 1 is 1.42 bits per heavy atom. The van der Waals surface area contributed by atoms with E-state index >= 15 is 0 Å². The summed E-state index contributed by atoms with van der Waals surface area (Å²) in [6.07, 6.45) is 1.58. The van der Waals surface area contributed by atoms with Crippen molar-refractivity contribution >= 4 is 11.7 Å². The maximum absolute atomic E-state index is 12.3. The van der Waals surface area contributed by atoms with E-state index in [1.807, 2.05) is 0 Å². The number of hydrogen-bond donors (Lipinski definition) is 3. The molecular formula is C13H17N3O3. The highest BCUT2D eigenvalue weighted by Gasteiger charge is 2.27. The van der Waals surface area contributed by atoms with Gasteiger partial charge in [0, 0.05) is 19.0 Å². The monoisotopic (exact) mass is 263 g/mol. The number of hydrogen-bond acceptors (Lipinski definition) is 4. The molecule has 4 N–H and O–H groups in total. The van der Waals surface area contributed by atoms with Crippen LogP contribution in [0.25, 0.3) is 0 Å². The van der Waals surface area contributed by atoms with Crippen LogP contribution in [0.4, 0.5) is 0 Å². The molecule has 1 aromatic carbocycles. The molecule has 6 heteroatoms. The number of nitrogens with zero attached hydrogens (tertiary/aromatic N) is 2. The smallest absolute Gasteiger partial charge is 0.257 e. The number of likely N-dealkylation sites (tertiary alicyclic amines) is 1. The lowest BCUT2D eigenvalue weighted by Gasteiger charge is -2.32. The summed E-state index contributed by atoms with van der Waals surface area (Å²) in [5.74, 6) is -0.240. The fraction of sp³-hybridized carbons (Fsp3) is 0.385. The van der Waals surface area contributed by atoms with E-state index in [-0.39, 0.29) is 29.0 Å². The largest absolute Gasteiger partial charge is 0.507 e. The van der Waals surface area contributed by atoms with E-state index in [2.05, 4.69) is 5.16 Å². The van der Waals surface area contributed by atoms with Crippen molar-refractivity contribution in [1.82, 2.24) is 4.90 Å². The van der Waals surface area contributed by atoms with Crippen LogP contribution in [-0.2, 0) is 0 Å². The zero-order valence-electron chi connectivity index (χ0n) is 10.5. The van der Waals surface area contributed by atoms with Crippen molar-refractivity contribution < 1.29 is 15.1 Å². The van der Waals surface area contributed by atoms with E-state index in [9.17, 15) is 9.90 Å². The number of amides is 1. The summed E-state index contributed by atoms with van der Waals surface area (Å²) in [5, 5.41) is 21.4. The van der Waals surface area contributed by atoms with Gasteiger partial charge in [0.05, 0.1) is 5.56 Å². The van der Waals surface area contributed by atoms with E-state index in [0.29, 0.717) is 13.1 Å². The molecule has 0 spiro atoms. The number of aromatic hydroxyl groups is 1. The van der Waals surface area contributed by atoms with Gasteiger partial charge in [-0.2, -0.15) is 0 Å². The van der Waals surface area contributed by atoms with Crippen molar-refractivity contribution in [3.8, 4) is 5.75 Å². The molecular weight excluding hydrogens is 246 g/mol. The SMILES string of the molecule is NC(=NO)C1CCCN(C(=O)c2ccccc2O)C1. The second-order valence-electron chi connectivity index (χ2n) is 4.63. The maximum Gasteiger partial charge on any atom is 0.257 e. The molecule has 2 rings (SSSR count). The van der Waals surface area contributed by atoms with Gasteiger partial charge in [-0.25, -0.2) is 0 Å². The number of oxime groups is 1. The van der Waals surface area contributed by atoms with Gasteiger partial charge in [-0.15, -0.1) is 0 Å². The third-order valence-electron chi connectivity index (χ3n) is 3.38. The molecule has 1 unspecified atom stereocenters. The van der Waals surface area contributed by atoms with Crippen molar-refractivity contribution in [3.63, 3.8) is 0 Å². The van der Waals surface area contributed by atoms with Gasteiger partial charge in [-0.1, -0.05) is 17.3 Å². The predicted molar refractivity (Wildman–Crippen MR) is 70.1 cm³/mol. The summed E-state index contributed by atoms with van der Waals surface area (Å²) < 4.78 is 0. The maximum atomic E-state index is 12.3. The number of carbonyl (C=O) groups is 1. The normalized spacial score (nSPS) is 20.3. The molecule has 6 nitrogen and oxygen atoms in total. The molecule has 1 saturated heterocycles. The van der Waals surface area contributed by atoms with Crippen LogP contribution in [0.5, 0.6) is 5.75 Å². The van der Waals surface area contributed by atoms with Gasteiger partial charge in [0.2, 0.25) is 0 Å². The molecule has 0 saturated carbocycles. The van der Waals surface area contributed by atoms with Crippen LogP contribution >= 0.6 is 0 Å². The van der Waals surface area contributed by atoms with E-state index < -0.39 is 0 Å². The molecule has 0 bridgehead atoms. The first-order valence-electron chi connectivity index (χ1n) is 6.18. The van der Waals surface area contributed by atoms with Crippen LogP contribution in [0.15, 0.2) is 29.4 Å². The number of benzene rings is 1. The minimum absolute atomic E-state index is 0.0292. The molecule has 102 valence electrons. The molecule has 1 aromatic rings. The van der Waals surface area contributed by atoms with E-state index in [0.717, 1.165) is 12.8 Å². The summed E-state index contributed by atoms with van der Waals surface area (Å²) in [6.45, 7) is 1.02. The highest BCUT2D eigenvalue weighted by Crippen LogP contribution is 2.22. The number of carbonyl (C=O) groups excluding carboxylic acids is 1. The Hall–Kier alpha value is -2.24. The Bertz CT molecular complexity index is 502. The minimum Gasteiger partial charge on any atom is -0.507 e. The van der Waals surface area contributed by atoms with Crippen molar-refractivity contribution in [3.05, 3.63) is 29.8 Å². The molecule has 0 aromatic heterocycles. The lowest BCUT2D eigenvalue weighted by atomic mass is 9.96. The lowest BCUT2D eigenvalue weighted by Crippen LogP contribution is -2.44. The van der Waals surface area contributed by atoms with Crippen LogP contribution in [0.2, 0.25) is 0 Å². The van der Waals surface area contributed by atoms with Gasteiger partial charge < -0.3 is 20.9 Å². The Morgan fingerprint density at radius 3 is 2.84 bits per heavy atom. The molecule has 1 heterocycles. The summed E-state index contributed by atoms with van der Waals surface area (Å²) in [6, 6.07) is 6.45. The number of para-hydroxylation sites is 1. The fourth-order valence-corrected chi connectivity index (χ4v) is 2.31. The number of nitrogens with two attached hydrogens (primary N) is 1. The average molecular weight is 263 g/mol. The van der Waals surface area contributed by atoms with Gasteiger partial charge in [0.1, 0.15) is 11.6 Å². The molecule has 1 aliphatic heterocycles. The van der Waals surface area contributed by atoms with E-state index in [4.69, 9.17) is 10.9 Å². The van der Waals surface area contributed by atoms with Gasteiger partial charge in [-0.05, 0) is 25.0 Å².